The first-order valence-corrected chi connectivity index (χ1v) is 6.20. The smallest absolute Gasteiger partial charge is 0.213 e. The summed E-state index contributed by atoms with van der Waals surface area (Å²) in [4.78, 5) is 14.0. The number of nitrogens with zero attached hydrogens (tertiary/aromatic N) is 1. The van der Waals surface area contributed by atoms with Crippen LogP contribution in [-0.4, -0.2) is 36.4 Å². The third-order valence-electron chi connectivity index (χ3n) is 2.87. The average Bonchev–Trinajstić information content (AvgIpc) is 2.68. The predicted molar refractivity (Wildman–Crippen MR) is 64.4 cm³/mol. The zero-order chi connectivity index (χ0) is 11.5. The van der Waals surface area contributed by atoms with Crippen LogP contribution in [0.3, 0.4) is 0 Å². The molecule has 2 N–H and O–H groups in total. The molecule has 1 aliphatic heterocycles. The summed E-state index contributed by atoms with van der Waals surface area (Å²) in [7, 11) is 0. The van der Waals surface area contributed by atoms with E-state index in [2.05, 4.69) is 20.8 Å². The van der Waals surface area contributed by atoms with Crippen LogP contribution < -0.4 is 5.73 Å². The van der Waals surface area contributed by atoms with Gasteiger partial charge >= 0.3 is 0 Å². The van der Waals surface area contributed by atoms with E-state index in [0.717, 1.165) is 30.4 Å². The van der Waals surface area contributed by atoms with E-state index < -0.39 is 0 Å². The third-order valence-corrected chi connectivity index (χ3v) is 3.49. The number of Topliss-reactive ketones (excluding diaryl/α,β-unsaturated/α-hetero) is 1. The lowest BCUT2D eigenvalue weighted by atomic mass is 10.1. The van der Waals surface area contributed by atoms with E-state index >= 15 is 0 Å². The van der Waals surface area contributed by atoms with Crippen molar-refractivity contribution in [2.45, 2.75) is 18.9 Å². The molecule has 1 aliphatic rings. The highest BCUT2D eigenvalue weighted by molar-refractivity contribution is 9.10. The maximum absolute atomic E-state index is 11.9. The second kappa shape index (κ2) is 5.12. The minimum atomic E-state index is 0.0207. The molecular formula is C11H15BrN2O2. The Morgan fingerprint density at radius 3 is 2.81 bits per heavy atom. The van der Waals surface area contributed by atoms with Crippen LogP contribution in [0.2, 0.25) is 0 Å². The second-order valence-electron chi connectivity index (χ2n) is 4.13. The summed E-state index contributed by atoms with van der Waals surface area (Å²) in [5.41, 5.74) is 5.81. The van der Waals surface area contributed by atoms with Crippen molar-refractivity contribution in [2.75, 3.05) is 19.6 Å². The molecule has 0 radical (unpaired) electrons. The molecule has 88 valence electrons. The van der Waals surface area contributed by atoms with E-state index in [9.17, 15) is 4.79 Å². The van der Waals surface area contributed by atoms with Crippen molar-refractivity contribution in [1.29, 1.82) is 0 Å². The van der Waals surface area contributed by atoms with Gasteiger partial charge in [-0.3, -0.25) is 9.69 Å². The van der Waals surface area contributed by atoms with Gasteiger partial charge in [0.15, 0.2) is 5.76 Å². The van der Waals surface area contributed by atoms with E-state index in [1.54, 1.807) is 6.07 Å². The summed E-state index contributed by atoms with van der Waals surface area (Å²) in [6.07, 6.45) is 3.45. The first-order chi connectivity index (χ1) is 7.66. The Morgan fingerprint density at radius 2 is 2.25 bits per heavy atom. The second-order valence-corrected chi connectivity index (χ2v) is 4.99. The standard InChI is InChI=1S/C11H15BrN2O2/c12-9-3-6-16-11(9)10(15)7-14-4-1-8(13)2-5-14/h3,6,8H,1-2,4-5,7,13H2. The van der Waals surface area contributed by atoms with Crippen LogP contribution in [0.25, 0.3) is 0 Å². The number of furan rings is 1. The van der Waals surface area contributed by atoms with Gasteiger partial charge in [0.25, 0.3) is 0 Å². The molecule has 1 aromatic heterocycles. The van der Waals surface area contributed by atoms with Crippen molar-refractivity contribution in [1.82, 2.24) is 4.90 Å². The van der Waals surface area contributed by atoms with Crippen LogP contribution in [0.1, 0.15) is 23.4 Å². The largest absolute Gasteiger partial charge is 0.460 e. The number of carbonyl (C=O) groups excluding carboxylic acids is 1. The fourth-order valence-corrected chi connectivity index (χ4v) is 2.30. The minimum absolute atomic E-state index is 0.0207. The number of nitrogens with two attached hydrogens (primary N) is 1. The molecule has 1 fully saturated rings. The molecule has 4 nitrogen and oxygen atoms in total. The maximum atomic E-state index is 11.9. The summed E-state index contributed by atoms with van der Waals surface area (Å²) in [6.45, 7) is 2.20. The summed E-state index contributed by atoms with van der Waals surface area (Å²) < 4.78 is 5.87. The number of piperidine rings is 1. The van der Waals surface area contributed by atoms with Gasteiger partial charge in [-0.15, -0.1) is 0 Å². The Balaban J connectivity index is 1.91. The van der Waals surface area contributed by atoms with Gasteiger partial charge in [0.05, 0.1) is 17.3 Å². The molecule has 0 unspecified atom stereocenters. The number of hydrogen-bond acceptors (Lipinski definition) is 4. The summed E-state index contributed by atoms with van der Waals surface area (Å²) >= 11 is 3.29. The SMILES string of the molecule is NC1CCN(CC(=O)c2occc2Br)CC1. The first-order valence-electron chi connectivity index (χ1n) is 5.41. The Labute approximate surface area is 103 Å². The topological polar surface area (TPSA) is 59.5 Å². The normalized spacial score (nSPS) is 18.9. The lowest BCUT2D eigenvalue weighted by Crippen LogP contribution is -2.41. The number of rotatable bonds is 3. The highest BCUT2D eigenvalue weighted by Gasteiger charge is 2.21. The van der Waals surface area contributed by atoms with Gasteiger partial charge in [0, 0.05) is 19.1 Å². The molecular weight excluding hydrogens is 272 g/mol. The molecule has 16 heavy (non-hydrogen) atoms. The molecule has 0 atom stereocenters. The third kappa shape index (κ3) is 2.72. The number of ketones is 1. The van der Waals surface area contributed by atoms with Crippen molar-refractivity contribution < 1.29 is 9.21 Å². The van der Waals surface area contributed by atoms with Crippen molar-refractivity contribution in [2.24, 2.45) is 5.73 Å². The summed E-state index contributed by atoms with van der Waals surface area (Å²) in [5.74, 6) is 0.433. The predicted octanol–water partition coefficient (Wildman–Crippen LogP) is 1.65. The molecule has 0 saturated carbocycles. The Morgan fingerprint density at radius 1 is 1.56 bits per heavy atom. The number of halogens is 1. The number of carbonyl (C=O) groups is 1. The Kier molecular flexibility index (Phi) is 3.78. The van der Waals surface area contributed by atoms with Crippen LogP contribution >= 0.6 is 15.9 Å². The molecule has 2 rings (SSSR count). The van der Waals surface area contributed by atoms with Gasteiger partial charge in [-0.1, -0.05) is 0 Å². The van der Waals surface area contributed by atoms with Gasteiger partial charge < -0.3 is 10.2 Å². The zero-order valence-electron chi connectivity index (χ0n) is 8.99. The van der Waals surface area contributed by atoms with Crippen LogP contribution in [0.5, 0.6) is 0 Å². The number of likely N-dealkylation sites (tertiary alicyclic amines) is 1. The molecule has 2 heterocycles. The van der Waals surface area contributed by atoms with Crippen molar-refractivity contribution in [3.8, 4) is 0 Å². The minimum Gasteiger partial charge on any atom is -0.460 e. The molecule has 0 bridgehead atoms. The summed E-state index contributed by atoms with van der Waals surface area (Å²) in [6, 6.07) is 2.03. The van der Waals surface area contributed by atoms with Crippen LogP contribution in [0.4, 0.5) is 0 Å². The van der Waals surface area contributed by atoms with Gasteiger partial charge in [-0.05, 0) is 34.8 Å². The quantitative estimate of drug-likeness (QED) is 0.859. The van der Waals surface area contributed by atoms with Crippen LogP contribution in [0, 0.1) is 0 Å². The maximum Gasteiger partial charge on any atom is 0.213 e. The van der Waals surface area contributed by atoms with E-state index in [0.29, 0.717) is 18.3 Å². The number of hydrogen-bond donors (Lipinski definition) is 1. The molecule has 0 spiro atoms. The molecule has 0 amide bonds. The fourth-order valence-electron chi connectivity index (χ4n) is 1.88. The van der Waals surface area contributed by atoms with Crippen molar-refractivity contribution in [3.63, 3.8) is 0 Å². The van der Waals surface area contributed by atoms with Gasteiger partial charge in [-0.2, -0.15) is 0 Å². The highest BCUT2D eigenvalue weighted by Crippen LogP contribution is 2.19. The molecule has 0 aliphatic carbocycles. The molecule has 1 aromatic rings. The molecule has 5 heteroatoms. The van der Waals surface area contributed by atoms with Crippen molar-refractivity contribution >= 4 is 21.7 Å². The molecule has 1 saturated heterocycles. The highest BCUT2D eigenvalue weighted by atomic mass is 79.9. The Bertz CT molecular complexity index is 370. The fraction of sp³-hybridized carbons (Fsp3) is 0.545. The van der Waals surface area contributed by atoms with E-state index in [1.165, 1.54) is 6.26 Å². The van der Waals surface area contributed by atoms with Gasteiger partial charge in [0.2, 0.25) is 5.78 Å². The zero-order valence-corrected chi connectivity index (χ0v) is 10.6. The lowest BCUT2D eigenvalue weighted by Gasteiger charge is -2.29. The first kappa shape index (κ1) is 11.8. The Hall–Kier alpha value is -0.650. The van der Waals surface area contributed by atoms with Crippen LogP contribution in [-0.2, 0) is 0 Å². The lowest BCUT2D eigenvalue weighted by molar-refractivity contribution is 0.0881. The van der Waals surface area contributed by atoms with E-state index in [4.69, 9.17) is 10.2 Å². The monoisotopic (exact) mass is 286 g/mol. The van der Waals surface area contributed by atoms with E-state index in [-0.39, 0.29) is 5.78 Å². The average molecular weight is 287 g/mol. The van der Waals surface area contributed by atoms with Gasteiger partial charge in [-0.25, -0.2) is 0 Å². The van der Waals surface area contributed by atoms with Crippen LogP contribution in [0.15, 0.2) is 21.2 Å². The van der Waals surface area contributed by atoms with E-state index in [1.807, 2.05) is 0 Å². The summed E-state index contributed by atoms with van der Waals surface area (Å²) in [5, 5.41) is 0. The molecule has 0 aromatic carbocycles. The van der Waals surface area contributed by atoms with Crippen molar-refractivity contribution in [3.05, 3.63) is 22.6 Å². The van der Waals surface area contributed by atoms with Gasteiger partial charge in [0.1, 0.15) is 0 Å².